The molecule has 1 heterocycles. The highest BCUT2D eigenvalue weighted by Gasteiger charge is 2.09. The van der Waals surface area contributed by atoms with Crippen LogP contribution in [0.3, 0.4) is 0 Å². The predicted molar refractivity (Wildman–Crippen MR) is 69.2 cm³/mol. The summed E-state index contributed by atoms with van der Waals surface area (Å²) in [5.41, 5.74) is 2.73. The lowest BCUT2D eigenvalue weighted by atomic mass is 10.1. The molecule has 0 spiro atoms. The van der Waals surface area contributed by atoms with Gasteiger partial charge in [-0.2, -0.15) is 0 Å². The molecule has 0 radical (unpaired) electrons. The van der Waals surface area contributed by atoms with Gasteiger partial charge in [-0.05, 0) is 33.3 Å². The van der Waals surface area contributed by atoms with Crippen LogP contribution in [0, 0.1) is 0 Å². The van der Waals surface area contributed by atoms with Gasteiger partial charge in [0.05, 0.1) is 18.2 Å². The summed E-state index contributed by atoms with van der Waals surface area (Å²) in [6.45, 7) is 9.68. The van der Waals surface area contributed by atoms with Gasteiger partial charge >= 0.3 is 0 Å². The average molecular weight is 221 g/mol. The number of nitrogens with zero attached hydrogens (tertiary/aromatic N) is 2. The molecule has 1 rings (SSSR count). The third-order valence-corrected chi connectivity index (χ3v) is 2.51. The van der Waals surface area contributed by atoms with Crippen molar-refractivity contribution in [3.63, 3.8) is 0 Å². The van der Waals surface area contributed by atoms with Gasteiger partial charge in [-0.1, -0.05) is 12.5 Å². The van der Waals surface area contributed by atoms with Crippen molar-refractivity contribution in [2.75, 3.05) is 6.54 Å². The molecule has 1 aromatic rings. The maximum absolute atomic E-state index is 4.12. The lowest BCUT2D eigenvalue weighted by Gasteiger charge is -2.21. The number of aromatic nitrogens is 2. The van der Waals surface area contributed by atoms with Gasteiger partial charge in [0.25, 0.3) is 0 Å². The van der Waals surface area contributed by atoms with Crippen LogP contribution in [0.1, 0.15) is 39.8 Å². The number of aryl methyl sites for hydroxylation is 1. The zero-order chi connectivity index (χ0) is 12.2. The number of hydrogen-bond donors (Lipinski definition) is 1. The summed E-state index contributed by atoms with van der Waals surface area (Å²) < 4.78 is 2.03. The van der Waals surface area contributed by atoms with E-state index in [4.69, 9.17) is 0 Å². The highest BCUT2D eigenvalue weighted by molar-refractivity contribution is 5.48. The van der Waals surface area contributed by atoms with Gasteiger partial charge < -0.3 is 9.88 Å². The second-order valence-corrected chi connectivity index (χ2v) is 5.19. The van der Waals surface area contributed by atoms with Crippen molar-refractivity contribution in [2.45, 2.75) is 39.7 Å². The molecular formula is C13H23N3. The van der Waals surface area contributed by atoms with Crippen molar-refractivity contribution >= 4 is 6.08 Å². The first-order chi connectivity index (χ1) is 7.42. The zero-order valence-electron chi connectivity index (χ0n) is 11.0. The van der Waals surface area contributed by atoms with Crippen molar-refractivity contribution < 1.29 is 0 Å². The van der Waals surface area contributed by atoms with E-state index >= 15 is 0 Å². The van der Waals surface area contributed by atoms with Crippen LogP contribution < -0.4 is 5.32 Å². The van der Waals surface area contributed by atoms with E-state index in [0.29, 0.717) is 0 Å². The molecule has 3 nitrogen and oxygen atoms in total. The molecule has 3 heteroatoms. The number of rotatable bonds is 4. The quantitative estimate of drug-likeness (QED) is 0.847. The van der Waals surface area contributed by atoms with Crippen LogP contribution in [-0.4, -0.2) is 21.6 Å². The van der Waals surface area contributed by atoms with Crippen LogP contribution in [0.25, 0.3) is 6.08 Å². The summed E-state index contributed by atoms with van der Waals surface area (Å²) in [5, 5.41) is 3.51. The molecule has 0 fully saturated rings. The van der Waals surface area contributed by atoms with E-state index in [0.717, 1.165) is 18.7 Å². The van der Waals surface area contributed by atoms with E-state index < -0.39 is 0 Å². The smallest absolute Gasteiger partial charge is 0.0948 e. The standard InChI is InChI=1S/C13H23N3/c1-6-11(8-15-13(2,3)4)7-12-9-14-10-16(12)5/h7,9-10,15H,6,8H2,1-5H3. The minimum absolute atomic E-state index is 0.167. The Bertz CT molecular complexity index is 355. The third kappa shape index (κ3) is 4.19. The first kappa shape index (κ1) is 13.0. The van der Waals surface area contributed by atoms with E-state index in [9.17, 15) is 0 Å². The van der Waals surface area contributed by atoms with Crippen LogP contribution in [0.5, 0.6) is 0 Å². The second-order valence-electron chi connectivity index (χ2n) is 5.19. The first-order valence-electron chi connectivity index (χ1n) is 5.83. The normalized spacial score (nSPS) is 13.2. The molecule has 0 aliphatic carbocycles. The highest BCUT2D eigenvalue weighted by atomic mass is 15.0. The molecule has 90 valence electrons. The molecule has 0 atom stereocenters. The maximum atomic E-state index is 4.12. The summed E-state index contributed by atoms with van der Waals surface area (Å²) in [7, 11) is 2.02. The average Bonchev–Trinajstić information content (AvgIpc) is 2.57. The lowest BCUT2D eigenvalue weighted by Crippen LogP contribution is -2.37. The van der Waals surface area contributed by atoms with Crippen LogP contribution in [0.4, 0.5) is 0 Å². The van der Waals surface area contributed by atoms with E-state index in [1.807, 2.05) is 24.1 Å². The Morgan fingerprint density at radius 1 is 1.50 bits per heavy atom. The Kier molecular flexibility index (Phi) is 4.30. The summed E-state index contributed by atoms with van der Waals surface area (Å²) >= 11 is 0. The van der Waals surface area contributed by atoms with Crippen molar-refractivity contribution in [1.29, 1.82) is 0 Å². The van der Waals surface area contributed by atoms with Gasteiger partial charge in [-0.3, -0.25) is 0 Å². The highest BCUT2D eigenvalue weighted by Crippen LogP contribution is 2.09. The fraction of sp³-hybridized carbons (Fsp3) is 0.615. The molecule has 0 saturated heterocycles. The van der Waals surface area contributed by atoms with Gasteiger partial charge in [-0.25, -0.2) is 4.98 Å². The first-order valence-corrected chi connectivity index (χ1v) is 5.83. The van der Waals surface area contributed by atoms with Crippen molar-refractivity contribution in [3.05, 3.63) is 23.8 Å². The van der Waals surface area contributed by atoms with E-state index in [1.165, 1.54) is 5.57 Å². The van der Waals surface area contributed by atoms with Gasteiger partial charge in [0.2, 0.25) is 0 Å². The monoisotopic (exact) mass is 221 g/mol. The Morgan fingerprint density at radius 2 is 2.19 bits per heavy atom. The number of imidazole rings is 1. The fourth-order valence-corrected chi connectivity index (χ4v) is 1.37. The van der Waals surface area contributed by atoms with Crippen LogP contribution >= 0.6 is 0 Å². The summed E-state index contributed by atoms with van der Waals surface area (Å²) in [4.78, 5) is 4.12. The molecule has 0 bridgehead atoms. The Labute approximate surface area is 98.6 Å². The van der Waals surface area contributed by atoms with Gasteiger partial charge in [0.15, 0.2) is 0 Å². The second kappa shape index (κ2) is 5.30. The molecule has 0 amide bonds. The predicted octanol–water partition coefficient (Wildman–Crippen LogP) is 2.60. The maximum Gasteiger partial charge on any atom is 0.0948 e. The van der Waals surface area contributed by atoms with E-state index in [2.05, 4.69) is 44.1 Å². The Balaban J connectivity index is 2.68. The van der Waals surface area contributed by atoms with Gasteiger partial charge in [-0.15, -0.1) is 0 Å². The molecule has 1 N–H and O–H groups in total. The van der Waals surface area contributed by atoms with Crippen molar-refractivity contribution in [3.8, 4) is 0 Å². The Morgan fingerprint density at radius 3 is 2.62 bits per heavy atom. The van der Waals surface area contributed by atoms with Gasteiger partial charge in [0.1, 0.15) is 0 Å². The zero-order valence-corrected chi connectivity index (χ0v) is 11.0. The van der Waals surface area contributed by atoms with Gasteiger partial charge in [0, 0.05) is 19.1 Å². The largest absolute Gasteiger partial charge is 0.334 e. The molecule has 0 aliphatic heterocycles. The summed E-state index contributed by atoms with van der Waals surface area (Å²) in [6, 6.07) is 0. The Hall–Kier alpha value is -1.09. The summed E-state index contributed by atoms with van der Waals surface area (Å²) in [5.74, 6) is 0. The minimum Gasteiger partial charge on any atom is -0.334 e. The molecule has 1 aromatic heterocycles. The van der Waals surface area contributed by atoms with Crippen LogP contribution in [0.2, 0.25) is 0 Å². The van der Waals surface area contributed by atoms with Crippen molar-refractivity contribution in [1.82, 2.24) is 14.9 Å². The lowest BCUT2D eigenvalue weighted by molar-refractivity contribution is 0.443. The fourth-order valence-electron chi connectivity index (χ4n) is 1.37. The molecule has 0 unspecified atom stereocenters. The van der Waals surface area contributed by atoms with Crippen LogP contribution in [-0.2, 0) is 7.05 Å². The number of hydrogen-bond acceptors (Lipinski definition) is 2. The number of nitrogens with one attached hydrogen (secondary N) is 1. The molecule has 0 saturated carbocycles. The molecule has 0 aliphatic rings. The topological polar surface area (TPSA) is 29.9 Å². The molecular weight excluding hydrogens is 198 g/mol. The van der Waals surface area contributed by atoms with E-state index in [-0.39, 0.29) is 5.54 Å². The minimum atomic E-state index is 0.167. The SMILES string of the molecule is CCC(=Cc1cncn1C)CNC(C)(C)C. The molecule has 0 aromatic carbocycles. The van der Waals surface area contributed by atoms with Crippen molar-refractivity contribution in [2.24, 2.45) is 7.05 Å². The van der Waals surface area contributed by atoms with Crippen LogP contribution in [0.15, 0.2) is 18.1 Å². The van der Waals surface area contributed by atoms with E-state index in [1.54, 1.807) is 0 Å². The molecule has 16 heavy (non-hydrogen) atoms. The third-order valence-electron chi connectivity index (χ3n) is 2.51. The summed E-state index contributed by atoms with van der Waals surface area (Å²) in [6.07, 6.45) is 7.00.